The fourth-order valence-electron chi connectivity index (χ4n) is 1.78. The Morgan fingerprint density at radius 2 is 1.91 bits per heavy atom. The van der Waals surface area contributed by atoms with E-state index in [-0.39, 0.29) is 11.9 Å². The Kier molecular flexibility index (Phi) is 4.85. The standard InChI is InChI=1S/C13H17N5O3S2/c1-8(12-16-17-13(14)22-12)15-11(19)9-4-6-10(7-5-9)18(2)23(3,20)21/h4-8H,1-3H3,(H2,14,17)(H,15,19)/t8-/m0/s1. The van der Waals surface area contributed by atoms with E-state index < -0.39 is 10.0 Å². The minimum absolute atomic E-state index is 0.292. The fourth-order valence-corrected chi connectivity index (χ4v) is 2.90. The summed E-state index contributed by atoms with van der Waals surface area (Å²) < 4.78 is 24.1. The SMILES string of the molecule is C[C@H](NC(=O)c1ccc(N(C)S(C)(=O)=O)cc1)c1nnc(N)s1. The molecule has 3 N–H and O–H groups in total. The van der Waals surface area contributed by atoms with Crippen molar-refractivity contribution in [3.8, 4) is 0 Å². The molecule has 1 heterocycles. The molecular formula is C13H17N5O3S2. The lowest BCUT2D eigenvalue weighted by atomic mass is 10.2. The number of carbonyl (C=O) groups excluding carboxylic acids is 1. The lowest BCUT2D eigenvalue weighted by Crippen LogP contribution is -2.27. The van der Waals surface area contributed by atoms with Crippen LogP contribution in [0.3, 0.4) is 0 Å². The fraction of sp³-hybridized carbons (Fsp3) is 0.308. The quantitative estimate of drug-likeness (QED) is 0.826. The third-order valence-corrected chi connectivity index (χ3v) is 5.31. The van der Waals surface area contributed by atoms with Crippen LogP contribution >= 0.6 is 11.3 Å². The number of carbonyl (C=O) groups is 1. The molecule has 23 heavy (non-hydrogen) atoms. The molecule has 1 amide bonds. The number of nitrogen functional groups attached to an aromatic ring is 1. The summed E-state index contributed by atoms with van der Waals surface area (Å²) in [6.45, 7) is 1.78. The summed E-state index contributed by atoms with van der Waals surface area (Å²) in [5.41, 5.74) is 6.41. The van der Waals surface area contributed by atoms with Gasteiger partial charge in [-0.05, 0) is 31.2 Å². The van der Waals surface area contributed by atoms with Crippen LogP contribution in [0.2, 0.25) is 0 Å². The summed E-state index contributed by atoms with van der Waals surface area (Å²) in [6, 6.07) is 5.95. The van der Waals surface area contributed by atoms with Crippen LogP contribution in [0.1, 0.15) is 28.3 Å². The van der Waals surface area contributed by atoms with E-state index in [1.807, 2.05) is 0 Å². The number of benzene rings is 1. The highest BCUT2D eigenvalue weighted by molar-refractivity contribution is 7.92. The molecule has 2 rings (SSSR count). The predicted molar refractivity (Wildman–Crippen MR) is 89.9 cm³/mol. The van der Waals surface area contributed by atoms with Crippen molar-refractivity contribution in [2.24, 2.45) is 0 Å². The Bertz CT molecular complexity index is 801. The second-order valence-electron chi connectivity index (χ2n) is 4.95. The van der Waals surface area contributed by atoms with Crippen molar-refractivity contribution in [2.75, 3.05) is 23.3 Å². The molecule has 0 aliphatic heterocycles. The molecule has 0 bridgehead atoms. The number of nitrogens with one attached hydrogen (secondary N) is 1. The molecule has 0 fully saturated rings. The van der Waals surface area contributed by atoms with Gasteiger partial charge in [0.2, 0.25) is 15.2 Å². The van der Waals surface area contributed by atoms with Gasteiger partial charge in [0.05, 0.1) is 18.0 Å². The van der Waals surface area contributed by atoms with Crippen molar-refractivity contribution < 1.29 is 13.2 Å². The van der Waals surface area contributed by atoms with Gasteiger partial charge in [-0.2, -0.15) is 0 Å². The average Bonchev–Trinajstić information content (AvgIpc) is 2.92. The van der Waals surface area contributed by atoms with Gasteiger partial charge in [-0.25, -0.2) is 8.42 Å². The molecule has 2 aromatic rings. The van der Waals surface area contributed by atoms with Crippen LogP contribution < -0.4 is 15.4 Å². The molecular weight excluding hydrogens is 338 g/mol. The molecule has 0 radical (unpaired) electrons. The number of nitrogens with zero attached hydrogens (tertiary/aromatic N) is 3. The third kappa shape index (κ3) is 4.17. The Morgan fingerprint density at radius 3 is 2.39 bits per heavy atom. The number of sulfonamides is 1. The van der Waals surface area contributed by atoms with Gasteiger partial charge in [-0.3, -0.25) is 9.10 Å². The Morgan fingerprint density at radius 1 is 1.30 bits per heavy atom. The van der Waals surface area contributed by atoms with Crippen LogP contribution in [0.5, 0.6) is 0 Å². The molecule has 0 spiro atoms. The number of hydrogen-bond donors (Lipinski definition) is 2. The second kappa shape index (κ2) is 6.50. The summed E-state index contributed by atoms with van der Waals surface area (Å²) >= 11 is 1.21. The van der Waals surface area contributed by atoms with Crippen LogP contribution in [0.4, 0.5) is 10.8 Å². The molecule has 124 valence electrons. The molecule has 0 aliphatic carbocycles. The zero-order chi connectivity index (χ0) is 17.2. The smallest absolute Gasteiger partial charge is 0.251 e. The lowest BCUT2D eigenvalue weighted by molar-refractivity contribution is 0.0939. The first-order valence-electron chi connectivity index (χ1n) is 6.62. The van der Waals surface area contributed by atoms with Crippen LogP contribution in [-0.2, 0) is 10.0 Å². The minimum atomic E-state index is -3.33. The highest BCUT2D eigenvalue weighted by Gasteiger charge is 2.16. The van der Waals surface area contributed by atoms with Crippen molar-refractivity contribution in [1.82, 2.24) is 15.5 Å². The predicted octanol–water partition coefficient (Wildman–Crippen LogP) is 1.01. The summed E-state index contributed by atoms with van der Waals surface area (Å²) in [7, 11) is -1.88. The van der Waals surface area contributed by atoms with Gasteiger partial charge in [-0.15, -0.1) is 10.2 Å². The third-order valence-electron chi connectivity index (χ3n) is 3.16. The van der Waals surface area contributed by atoms with Gasteiger partial charge in [0.25, 0.3) is 5.91 Å². The maximum atomic E-state index is 12.2. The monoisotopic (exact) mass is 355 g/mol. The number of aromatic nitrogens is 2. The zero-order valence-corrected chi connectivity index (χ0v) is 14.5. The largest absolute Gasteiger partial charge is 0.374 e. The van der Waals surface area contributed by atoms with Gasteiger partial charge >= 0.3 is 0 Å². The number of nitrogens with two attached hydrogens (primary N) is 1. The Hall–Kier alpha value is -2.20. The summed E-state index contributed by atoms with van der Waals surface area (Å²) in [4.78, 5) is 12.2. The number of anilines is 2. The van der Waals surface area contributed by atoms with Gasteiger partial charge in [0, 0.05) is 12.6 Å². The molecule has 1 aromatic heterocycles. The van der Waals surface area contributed by atoms with Crippen LogP contribution in [0.15, 0.2) is 24.3 Å². The van der Waals surface area contributed by atoms with E-state index in [2.05, 4.69) is 15.5 Å². The molecule has 10 heteroatoms. The number of rotatable bonds is 5. The van der Waals surface area contributed by atoms with Crippen molar-refractivity contribution in [2.45, 2.75) is 13.0 Å². The van der Waals surface area contributed by atoms with Crippen molar-refractivity contribution in [3.05, 3.63) is 34.8 Å². The van der Waals surface area contributed by atoms with Gasteiger partial charge in [0.15, 0.2) is 0 Å². The van der Waals surface area contributed by atoms with Crippen molar-refractivity contribution >= 4 is 38.1 Å². The van der Waals surface area contributed by atoms with Gasteiger partial charge in [-0.1, -0.05) is 11.3 Å². The van der Waals surface area contributed by atoms with E-state index >= 15 is 0 Å². The first kappa shape index (κ1) is 17.2. The van der Waals surface area contributed by atoms with Crippen molar-refractivity contribution in [3.63, 3.8) is 0 Å². The second-order valence-corrected chi connectivity index (χ2v) is 8.01. The van der Waals surface area contributed by atoms with E-state index in [0.717, 1.165) is 10.6 Å². The number of amides is 1. The van der Waals surface area contributed by atoms with Crippen LogP contribution in [-0.4, -0.2) is 37.8 Å². The molecule has 8 nitrogen and oxygen atoms in total. The molecule has 0 unspecified atom stereocenters. The summed E-state index contributed by atoms with van der Waals surface area (Å²) in [5, 5.41) is 11.3. The van der Waals surface area contributed by atoms with Crippen LogP contribution in [0, 0.1) is 0 Å². The number of hydrogen-bond acceptors (Lipinski definition) is 7. The summed E-state index contributed by atoms with van der Waals surface area (Å²) in [5.74, 6) is -0.292. The topological polar surface area (TPSA) is 118 Å². The van der Waals surface area contributed by atoms with E-state index in [1.165, 1.54) is 18.4 Å². The lowest BCUT2D eigenvalue weighted by Gasteiger charge is -2.17. The molecule has 0 saturated carbocycles. The van der Waals surface area contributed by atoms with E-state index in [0.29, 0.717) is 21.4 Å². The van der Waals surface area contributed by atoms with E-state index in [1.54, 1.807) is 31.2 Å². The molecule has 0 aliphatic rings. The highest BCUT2D eigenvalue weighted by Crippen LogP contribution is 2.20. The van der Waals surface area contributed by atoms with E-state index in [9.17, 15) is 13.2 Å². The minimum Gasteiger partial charge on any atom is -0.374 e. The summed E-state index contributed by atoms with van der Waals surface area (Å²) in [6.07, 6.45) is 1.11. The molecule has 1 atom stereocenters. The van der Waals surface area contributed by atoms with Gasteiger partial charge in [0.1, 0.15) is 5.01 Å². The average molecular weight is 355 g/mol. The first-order valence-corrected chi connectivity index (χ1v) is 9.28. The zero-order valence-electron chi connectivity index (χ0n) is 12.8. The Balaban J connectivity index is 2.08. The maximum Gasteiger partial charge on any atom is 0.251 e. The van der Waals surface area contributed by atoms with Crippen LogP contribution in [0.25, 0.3) is 0 Å². The van der Waals surface area contributed by atoms with Gasteiger partial charge < -0.3 is 11.1 Å². The first-order chi connectivity index (χ1) is 10.7. The Labute approximate surface area is 138 Å². The highest BCUT2D eigenvalue weighted by atomic mass is 32.2. The molecule has 1 aromatic carbocycles. The van der Waals surface area contributed by atoms with E-state index in [4.69, 9.17) is 5.73 Å². The molecule has 0 saturated heterocycles. The maximum absolute atomic E-state index is 12.2. The normalized spacial score (nSPS) is 12.7. The van der Waals surface area contributed by atoms with Crippen molar-refractivity contribution in [1.29, 1.82) is 0 Å².